The number of aromatic amines is 1. The summed E-state index contributed by atoms with van der Waals surface area (Å²) in [5, 5.41) is 11.5. The molecule has 110 valence electrons. The number of nitrogens with one attached hydrogen (secondary N) is 1. The molecule has 1 aliphatic heterocycles. The smallest absolute Gasteiger partial charge is 0.256 e. The zero-order chi connectivity index (χ0) is 15.1. The molecule has 0 saturated heterocycles. The molecule has 4 nitrogen and oxygen atoms in total. The van der Waals surface area contributed by atoms with Gasteiger partial charge >= 0.3 is 0 Å². The summed E-state index contributed by atoms with van der Waals surface area (Å²) in [6, 6.07) is 15.3. The van der Waals surface area contributed by atoms with Crippen LogP contribution in [0.5, 0.6) is 0 Å². The lowest BCUT2D eigenvalue weighted by Gasteiger charge is -2.20. The van der Waals surface area contributed by atoms with Crippen LogP contribution in [0.1, 0.15) is 27.7 Å². The predicted molar refractivity (Wildman–Crippen MR) is 84.4 cm³/mol. The Hall–Kier alpha value is -2.59. The van der Waals surface area contributed by atoms with Crippen LogP contribution in [-0.2, 0) is 6.42 Å². The Balaban J connectivity index is 1.57. The molecule has 0 aliphatic carbocycles. The second kappa shape index (κ2) is 5.00. The van der Waals surface area contributed by atoms with Crippen molar-refractivity contribution in [3.63, 3.8) is 0 Å². The van der Waals surface area contributed by atoms with E-state index in [0.29, 0.717) is 24.1 Å². The number of aliphatic hydroxyl groups excluding tert-OH is 1. The summed E-state index contributed by atoms with van der Waals surface area (Å²) >= 11 is 0. The number of hydrogen-bond donors (Lipinski definition) is 2. The summed E-state index contributed by atoms with van der Waals surface area (Å²) in [4.78, 5) is 17.2. The predicted octanol–water partition coefficient (Wildman–Crippen LogP) is 2.86. The second-order valence-corrected chi connectivity index (χ2v) is 5.57. The zero-order valence-corrected chi connectivity index (χ0v) is 12.0. The Labute approximate surface area is 128 Å². The maximum atomic E-state index is 12.4. The molecule has 4 heteroatoms. The van der Waals surface area contributed by atoms with Crippen LogP contribution < -0.4 is 0 Å². The summed E-state index contributed by atoms with van der Waals surface area (Å²) < 4.78 is 0. The van der Waals surface area contributed by atoms with Crippen molar-refractivity contribution in [2.45, 2.75) is 12.6 Å². The molecule has 0 bridgehead atoms. The van der Waals surface area contributed by atoms with E-state index in [-0.39, 0.29) is 5.91 Å². The molecule has 0 unspecified atom stereocenters. The molecule has 2 N–H and O–H groups in total. The minimum atomic E-state index is -0.839. The average Bonchev–Trinajstić information content (AvgIpc) is 3.07. The number of H-pyrrole nitrogens is 1. The Morgan fingerprint density at radius 2 is 1.86 bits per heavy atom. The third-order valence-electron chi connectivity index (χ3n) is 4.32. The van der Waals surface area contributed by atoms with Gasteiger partial charge in [-0.2, -0.15) is 0 Å². The van der Waals surface area contributed by atoms with Crippen molar-refractivity contribution in [1.29, 1.82) is 0 Å². The van der Waals surface area contributed by atoms with Crippen molar-refractivity contribution in [1.82, 2.24) is 9.88 Å². The first kappa shape index (κ1) is 13.1. The van der Waals surface area contributed by atoms with Crippen molar-refractivity contribution in [2.75, 3.05) is 6.54 Å². The van der Waals surface area contributed by atoms with Gasteiger partial charge in [-0.15, -0.1) is 0 Å². The van der Waals surface area contributed by atoms with Crippen LogP contribution in [0.2, 0.25) is 0 Å². The molecule has 3 aromatic rings. The van der Waals surface area contributed by atoms with Gasteiger partial charge in [0, 0.05) is 34.8 Å². The molecular formula is C18H16N2O2. The normalized spacial score (nSPS) is 17.2. The molecule has 1 aliphatic rings. The number of carbonyl (C=O) groups is 1. The highest BCUT2D eigenvalue weighted by molar-refractivity contribution is 5.98. The molecule has 2 aromatic carbocycles. The first-order valence-electron chi connectivity index (χ1n) is 7.38. The zero-order valence-electron chi connectivity index (χ0n) is 12.0. The second-order valence-electron chi connectivity index (χ2n) is 5.57. The first-order chi connectivity index (χ1) is 10.8. The van der Waals surface area contributed by atoms with Crippen molar-refractivity contribution in [2.24, 2.45) is 0 Å². The molecular weight excluding hydrogens is 276 g/mol. The van der Waals surface area contributed by atoms with Gasteiger partial charge in [0.25, 0.3) is 5.91 Å². The fraction of sp³-hybridized carbons (Fsp3) is 0.167. The summed E-state index contributed by atoms with van der Waals surface area (Å²) in [6.45, 7) is 0.497. The molecule has 1 amide bonds. The molecule has 0 radical (unpaired) electrons. The van der Waals surface area contributed by atoms with E-state index in [0.717, 1.165) is 11.1 Å². The number of amides is 1. The van der Waals surface area contributed by atoms with Crippen molar-refractivity contribution < 1.29 is 9.90 Å². The Kier molecular flexibility index (Phi) is 2.98. The number of para-hydroxylation sites is 1. The SMILES string of the molecule is O=C1c2ccccc2[C@H](O)N1CCc1c[nH]c2ccccc12. The van der Waals surface area contributed by atoms with E-state index in [1.165, 1.54) is 10.3 Å². The van der Waals surface area contributed by atoms with Gasteiger partial charge < -0.3 is 15.0 Å². The van der Waals surface area contributed by atoms with Crippen molar-refractivity contribution >= 4 is 16.8 Å². The number of aromatic nitrogens is 1. The summed E-state index contributed by atoms with van der Waals surface area (Å²) in [7, 11) is 0. The number of aliphatic hydroxyl groups is 1. The maximum absolute atomic E-state index is 12.4. The minimum absolute atomic E-state index is 0.0945. The third kappa shape index (κ3) is 1.92. The maximum Gasteiger partial charge on any atom is 0.256 e. The van der Waals surface area contributed by atoms with E-state index in [4.69, 9.17) is 0 Å². The van der Waals surface area contributed by atoms with Crippen LogP contribution in [0.15, 0.2) is 54.7 Å². The fourth-order valence-corrected chi connectivity index (χ4v) is 3.15. The van der Waals surface area contributed by atoms with Crippen molar-refractivity contribution in [3.05, 3.63) is 71.4 Å². The summed E-state index contributed by atoms with van der Waals surface area (Å²) in [5.74, 6) is -0.0945. The lowest BCUT2D eigenvalue weighted by Crippen LogP contribution is -2.30. The molecule has 0 saturated carbocycles. The van der Waals surface area contributed by atoms with Crippen LogP contribution in [0, 0.1) is 0 Å². The van der Waals surface area contributed by atoms with Gasteiger partial charge in [0.1, 0.15) is 0 Å². The Morgan fingerprint density at radius 3 is 2.73 bits per heavy atom. The minimum Gasteiger partial charge on any atom is -0.369 e. The highest BCUT2D eigenvalue weighted by Crippen LogP contribution is 2.31. The molecule has 4 rings (SSSR count). The standard InChI is InChI=1S/C18H16N2O2/c21-17-14-6-1-2-7-15(14)18(22)20(17)10-9-12-11-19-16-8-4-3-5-13(12)16/h1-8,11,17,19,21H,9-10H2/t17-/m0/s1. The van der Waals surface area contributed by atoms with E-state index in [1.807, 2.05) is 42.6 Å². The molecule has 0 spiro atoms. The Morgan fingerprint density at radius 1 is 1.09 bits per heavy atom. The van der Waals surface area contributed by atoms with Crippen LogP contribution >= 0.6 is 0 Å². The largest absolute Gasteiger partial charge is 0.369 e. The van der Waals surface area contributed by atoms with E-state index in [1.54, 1.807) is 6.07 Å². The number of rotatable bonds is 3. The van der Waals surface area contributed by atoms with Gasteiger partial charge in [-0.25, -0.2) is 0 Å². The molecule has 22 heavy (non-hydrogen) atoms. The number of hydrogen-bond acceptors (Lipinski definition) is 2. The lowest BCUT2D eigenvalue weighted by atomic mass is 10.1. The van der Waals surface area contributed by atoms with E-state index in [9.17, 15) is 9.90 Å². The van der Waals surface area contributed by atoms with E-state index < -0.39 is 6.23 Å². The van der Waals surface area contributed by atoms with Crippen LogP contribution in [0.4, 0.5) is 0 Å². The van der Waals surface area contributed by atoms with Crippen LogP contribution in [0.3, 0.4) is 0 Å². The third-order valence-corrected chi connectivity index (χ3v) is 4.32. The van der Waals surface area contributed by atoms with Gasteiger partial charge in [0.2, 0.25) is 0 Å². The molecule has 1 aromatic heterocycles. The van der Waals surface area contributed by atoms with Gasteiger partial charge in [-0.1, -0.05) is 36.4 Å². The van der Waals surface area contributed by atoms with Gasteiger partial charge in [-0.3, -0.25) is 4.79 Å². The Bertz CT molecular complexity index is 853. The van der Waals surface area contributed by atoms with Crippen LogP contribution in [0.25, 0.3) is 10.9 Å². The van der Waals surface area contributed by atoms with E-state index in [2.05, 4.69) is 11.1 Å². The summed E-state index contributed by atoms with van der Waals surface area (Å²) in [5.41, 5.74) is 3.56. The molecule has 2 heterocycles. The van der Waals surface area contributed by atoms with E-state index >= 15 is 0 Å². The van der Waals surface area contributed by atoms with Crippen molar-refractivity contribution in [3.8, 4) is 0 Å². The summed E-state index contributed by atoms with van der Waals surface area (Å²) in [6.07, 6.45) is 1.85. The highest BCUT2D eigenvalue weighted by atomic mass is 16.3. The van der Waals surface area contributed by atoms with Gasteiger partial charge in [-0.05, 0) is 24.1 Å². The number of nitrogens with zero attached hydrogens (tertiary/aromatic N) is 1. The highest BCUT2D eigenvalue weighted by Gasteiger charge is 2.34. The average molecular weight is 292 g/mol. The number of carbonyl (C=O) groups excluding carboxylic acids is 1. The quantitative estimate of drug-likeness (QED) is 0.780. The monoisotopic (exact) mass is 292 g/mol. The van der Waals surface area contributed by atoms with Gasteiger partial charge in [0.15, 0.2) is 6.23 Å². The fourth-order valence-electron chi connectivity index (χ4n) is 3.15. The van der Waals surface area contributed by atoms with Gasteiger partial charge in [0.05, 0.1) is 0 Å². The number of benzene rings is 2. The number of fused-ring (bicyclic) bond motifs is 2. The first-order valence-corrected chi connectivity index (χ1v) is 7.38. The molecule has 1 atom stereocenters. The molecule has 0 fully saturated rings. The van der Waals surface area contributed by atoms with Crippen LogP contribution in [-0.4, -0.2) is 27.4 Å². The topological polar surface area (TPSA) is 56.3 Å². The lowest BCUT2D eigenvalue weighted by molar-refractivity contribution is 0.0183.